The number of rotatable bonds is 8. The average molecular weight is 544 g/mol. The molecule has 0 spiro atoms. The Morgan fingerprint density at radius 2 is 1.72 bits per heavy atom. The minimum absolute atomic E-state index is 0.0155. The summed E-state index contributed by atoms with van der Waals surface area (Å²) >= 11 is 0. The Morgan fingerprint density at radius 1 is 1.03 bits per heavy atom. The summed E-state index contributed by atoms with van der Waals surface area (Å²) in [5.41, 5.74) is 1.17. The minimum atomic E-state index is -4.46. The van der Waals surface area contributed by atoms with E-state index in [1.165, 1.54) is 19.1 Å². The van der Waals surface area contributed by atoms with E-state index in [0.29, 0.717) is 44.7 Å². The summed E-state index contributed by atoms with van der Waals surface area (Å²) in [5.74, 6) is 0.351. The van der Waals surface area contributed by atoms with E-state index in [0.717, 1.165) is 17.7 Å². The summed E-state index contributed by atoms with van der Waals surface area (Å²) in [5, 5.41) is 6.72. The van der Waals surface area contributed by atoms with Crippen molar-refractivity contribution in [2.75, 3.05) is 26.2 Å². The monoisotopic (exact) mass is 543 g/mol. The lowest BCUT2D eigenvalue weighted by atomic mass is 10.0. The predicted octanol–water partition coefficient (Wildman–Crippen LogP) is 4.62. The van der Waals surface area contributed by atoms with Gasteiger partial charge in [-0.2, -0.15) is 18.2 Å². The van der Waals surface area contributed by atoms with E-state index in [4.69, 9.17) is 4.52 Å². The lowest BCUT2D eigenvalue weighted by Crippen LogP contribution is -2.54. The molecule has 1 N–H and O–H groups in total. The second-order valence-electron chi connectivity index (χ2n) is 10.2. The van der Waals surface area contributed by atoms with E-state index in [-0.39, 0.29) is 35.0 Å². The van der Waals surface area contributed by atoms with Gasteiger partial charge in [-0.25, -0.2) is 0 Å². The number of hydrogen-bond acceptors (Lipinski definition) is 6. The second-order valence-corrected chi connectivity index (χ2v) is 10.2. The molecule has 11 heteroatoms. The smallest absolute Gasteiger partial charge is 0.345 e. The summed E-state index contributed by atoms with van der Waals surface area (Å²) in [4.78, 5) is 32.9. The summed E-state index contributed by atoms with van der Waals surface area (Å²) < 4.78 is 44.3. The molecule has 1 unspecified atom stereocenters. The van der Waals surface area contributed by atoms with Crippen molar-refractivity contribution in [2.24, 2.45) is 5.92 Å². The van der Waals surface area contributed by atoms with Crippen LogP contribution >= 0.6 is 0 Å². The molecule has 0 bridgehead atoms. The molecule has 1 aliphatic rings. The Bertz CT molecular complexity index is 1280. The third-order valence-electron chi connectivity index (χ3n) is 6.55. The van der Waals surface area contributed by atoms with Gasteiger partial charge in [0.25, 0.3) is 5.89 Å². The fourth-order valence-corrected chi connectivity index (χ4v) is 4.59. The number of carbonyl (C=O) groups excluding carboxylic acids is 2. The molecule has 4 rings (SSSR count). The number of hydrogen-bond donors (Lipinski definition) is 1. The van der Waals surface area contributed by atoms with Gasteiger partial charge in [0.15, 0.2) is 0 Å². The normalized spacial score (nSPS) is 15.4. The van der Waals surface area contributed by atoms with Crippen molar-refractivity contribution in [2.45, 2.75) is 46.0 Å². The zero-order valence-corrected chi connectivity index (χ0v) is 22.2. The zero-order valence-electron chi connectivity index (χ0n) is 22.2. The second kappa shape index (κ2) is 12.0. The molecule has 1 aliphatic heterocycles. The van der Waals surface area contributed by atoms with Crippen molar-refractivity contribution in [3.05, 3.63) is 59.7 Å². The van der Waals surface area contributed by atoms with Crippen LogP contribution in [0.5, 0.6) is 0 Å². The van der Waals surface area contributed by atoms with Gasteiger partial charge < -0.3 is 14.7 Å². The summed E-state index contributed by atoms with van der Waals surface area (Å²) in [7, 11) is 0. The van der Waals surface area contributed by atoms with Crippen LogP contribution in [0.3, 0.4) is 0 Å². The molecule has 0 radical (unpaired) electrons. The number of nitrogens with one attached hydrogen (secondary N) is 1. The van der Waals surface area contributed by atoms with E-state index >= 15 is 0 Å². The van der Waals surface area contributed by atoms with Gasteiger partial charge in [0.1, 0.15) is 6.04 Å². The first kappa shape index (κ1) is 28.3. The Balaban J connectivity index is 1.33. The fraction of sp³-hybridized carbons (Fsp3) is 0.429. The van der Waals surface area contributed by atoms with Gasteiger partial charge in [-0.3, -0.25) is 14.5 Å². The fourth-order valence-electron chi connectivity index (χ4n) is 4.59. The zero-order chi connectivity index (χ0) is 28.2. The number of nitrogens with zero attached hydrogens (tertiary/aromatic N) is 4. The van der Waals surface area contributed by atoms with Crippen LogP contribution in [0.1, 0.15) is 38.3 Å². The maximum atomic E-state index is 13.0. The number of piperazine rings is 1. The van der Waals surface area contributed by atoms with Gasteiger partial charge in [-0.15, -0.1) is 0 Å². The highest BCUT2D eigenvalue weighted by Crippen LogP contribution is 2.32. The van der Waals surface area contributed by atoms with Gasteiger partial charge in [-0.1, -0.05) is 49.3 Å². The average Bonchev–Trinajstić information content (AvgIpc) is 3.38. The maximum absolute atomic E-state index is 13.0. The van der Waals surface area contributed by atoms with Crippen LogP contribution in [0.4, 0.5) is 13.2 Å². The molecular formula is C28H32F3N5O3. The van der Waals surface area contributed by atoms with Crippen molar-refractivity contribution >= 4 is 11.8 Å². The third kappa shape index (κ3) is 7.44. The van der Waals surface area contributed by atoms with Gasteiger partial charge in [0, 0.05) is 50.8 Å². The first-order valence-corrected chi connectivity index (χ1v) is 12.9. The van der Waals surface area contributed by atoms with Crippen LogP contribution in [0, 0.1) is 5.92 Å². The van der Waals surface area contributed by atoms with Crippen LogP contribution in [0.2, 0.25) is 0 Å². The van der Waals surface area contributed by atoms with E-state index < -0.39 is 17.8 Å². The lowest BCUT2D eigenvalue weighted by molar-refractivity contribution is -0.138. The topological polar surface area (TPSA) is 91.6 Å². The number of benzene rings is 2. The minimum Gasteiger partial charge on any atom is -0.345 e. The van der Waals surface area contributed by atoms with Gasteiger partial charge in [0.2, 0.25) is 17.6 Å². The van der Waals surface area contributed by atoms with Crippen molar-refractivity contribution in [3.63, 3.8) is 0 Å². The Morgan fingerprint density at radius 3 is 2.33 bits per heavy atom. The third-order valence-corrected chi connectivity index (χ3v) is 6.55. The molecule has 1 saturated heterocycles. The molecule has 208 valence electrons. The maximum Gasteiger partial charge on any atom is 0.416 e. The summed E-state index contributed by atoms with van der Waals surface area (Å²) in [6, 6.07) is 11.9. The molecule has 1 fully saturated rings. The summed E-state index contributed by atoms with van der Waals surface area (Å²) in [6.07, 6.45) is -3.85. The number of carbonyl (C=O) groups is 2. The van der Waals surface area contributed by atoms with E-state index in [9.17, 15) is 22.8 Å². The molecule has 2 aromatic carbocycles. The van der Waals surface area contributed by atoms with Crippen LogP contribution in [-0.4, -0.2) is 64.0 Å². The standard InChI is InChI=1S/C28H32F3N5O3/c1-18(2)15-24(32-19(3)37)27(38)36-13-11-35(12-14-36)17-20-7-9-21(10-8-20)25-33-26(39-34-25)22-5-4-6-23(16-22)28(29,30)31/h4-10,16,18,24H,11-15,17H2,1-3H3,(H,32,37). The molecule has 0 aliphatic carbocycles. The Labute approximate surface area is 225 Å². The van der Waals surface area contributed by atoms with Gasteiger partial charge >= 0.3 is 6.18 Å². The quantitative estimate of drug-likeness (QED) is 0.446. The number of alkyl halides is 3. The largest absolute Gasteiger partial charge is 0.416 e. The van der Waals surface area contributed by atoms with Crippen molar-refractivity contribution in [1.82, 2.24) is 25.3 Å². The highest BCUT2D eigenvalue weighted by molar-refractivity contribution is 5.87. The first-order chi connectivity index (χ1) is 18.5. The van der Waals surface area contributed by atoms with Crippen LogP contribution in [0.25, 0.3) is 22.8 Å². The molecule has 1 atom stereocenters. The molecule has 2 heterocycles. The van der Waals surface area contributed by atoms with Crippen molar-refractivity contribution in [1.29, 1.82) is 0 Å². The van der Waals surface area contributed by atoms with Gasteiger partial charge in [-0.05, 0) is 36.1 Å². The van der Waals surface area contributed by atoms with Crippen LogP contribution in [-0.2, 0) is 22.3 Å². The van der Waals surface area contributed by atoms with Crippen LogP contribution in [0.15, 0.2) is 53.1 Å². The number of halogens is 3. The molecule has 0 saturated carbocycles. The Kier molecular flexibility index (Phi) is 8.69. The molecule has 39 heavy (non-hydrogen) atoms. The Hall–Kier alpha value is -3.73. The van der Waals surface area contributed by atoms with E-state index in [1.807, 2.05) is 43.0 Å². The number of aromatic nitrogens is 2. The molecule has 8 nitrogen and oxygen atoms in total. The molecule has 1 aromatic heterocycles. The predicted molar refractivity (Wildman–Crippen MR) is 139 cm³/mol. The van der Waals surface area contributed by atoms with Gasteiger partial charge in [0.05, 0.1) is 5.56 Å². The highest BCUT2D eigenvalue weighted by Gasteiger charge is 2.31. The summed E-state index contributed by atoms with van der Waals surface area (Å²) in [6.45, 7) is 8.79. The van der Waals surface area contributed by atoms with Crippen molar-refractivity contribution < 1.29 is 27.3 Å². The molecular weight excluding hydrogens is 511 g/mol. The first-order valence-electron chi connectivity index (χ1n) is 12.9. The van der Waals surface area contributed by atoms with E-state index in [1.54, 1.807) is 0 Å². The van der Waals surface area contributed by atoms with E-state index in [2.05, 4.69) is 20.4 Å². The SMILES string of the molecule is CC(=O)NC(CC(C)C)C(=O)N1CCN(Cc2ccc(-c3noc(-c4cccc(C(F)(F)F)c4)n3)cc2)CC1. The lowest BCUT2D eigenvalue weighted by Gasteiger charge is -2.36. The highest BCUT2D eigenvalue weighted by atomic mass is 19.4. The van der Waals surface area contributed by atoms with Crippen LogP contribution < -0.4 is 5.32 Å². The molecule has 3 aromatic rings. The number of amides is 2. The molecule has 2 amide bonds. The van der Waals surface area contributed by atoms with Crippen molar-refractivity contribution in [3.8, 4) is 22.8 Å².